The Bertz CT molecular complexity index is 1350. The van der Waals surface area contributed by atoms with Gasteiger partial charge in [-0.1, -0.05) is 22.0 Å². The number of nitrogens with zero attached hydrogens (tertiary/aromatic N) is 2. The molecule has 0 saturated carbocycles. The molecule has 1 heterocycles. The van der Waals surface area contributed by atoms with Crippen LogP contribution in [0.25, 0.3) is 0 Å². The summed E-state index contributed by atoms with van der Waals surface area (Å²) in [5.41, 5.74) is -1.43. The standard InChI is InChI=1S/C21H18BrF3N4O3S/c1-11-9-13(22)7-8-16(11)32-20-17(12(2)18(28-29-20)21(23,24)25)19(30)27-14-5-4-6-15(10-14)33(3,26)31/h4-10,26H,1-3H3,(H,27,30). The summed E-state index contributed by atoms with van der Waals surface area (Å²) >= 11 is 3.31. The fourth-order valence-electron chi connectivity index (χ4n) is 2.95. The number of hydrogen-bond donors (Lipinski definition) is 2. The third kappa shape index (κ3) is 5.69. The third-order valence-electron chi connectivity index (χ3n) is 4.57. The average molecular weight is 543 g/mol. The van der Waals surface area contributed by atoms with E-state index >= 15 is 0 Å². The number of benzene rings is 2. The molecule has 0 aliphatic rings. The molecule has 1 amide bonds. The molecular formula is C21H18BrF3N4O3S. The Hall–Kier alpha value is -2.99. The lowest BCUT2D eigenvalue weighted by molar-refractivity contribution is -0.142. The lowest BCUT2D eigenvalue weighted by Gasteiger charge is -2.17. The van der Waals surface area contributed by atoms with Gasteiger partial charge in [-0.15, -0.1) is 10.2 Å². The van der Waals surface area contributed by atoms with Crippen LogP contribution in [0.5, 0.6) is 11.6 Å². The smallest absolute Gasteiger partial charge is 0.435 e. The molecule has 0 bridgehead atoms. The van der Waals surface area contributed by atoms with Gasteiger partial charge in [-0.25, -0.2) is 8.99 Å². The SMILES string of the molecule is Cc1cc(Br)ccc1Oc1nnc(C(F)(F)F)c(C)c1C(=O)Nc1cccc(S(C)(=N)=O)c1. The second-order valence-corrected chi connectivity index (χ2v) is 10.3. The van der Waals surface area contributed by atoms with Crippen molar-refractivity contribution in [2.24, 2.45) is 0 Å². The highest BCUT2D eigenvalue weighted by Crippen LogP contribution is 2.36. The third-order valence-corrected chi connectivity index (χ3v) is 6.21. The topological polar surface area (TPSA) is 105 Å². The molecule has 33 heavy (non-hydrogen) atoms. The lowest BCUT2D eigenvalue weighted by atomic mass is 10.1. The van der Waals surface area contributed by atoms with E-state index in [0.717, 1.165) is 11.4 Å². The Morgan fingerprint density at radius 3 is 2.45 bits per heavy atom. The van der Waals surface area contributed by atoms with Crippen LogP contribution in [0.1, 0.15) is 27.2 Å². The van der Waals surface area contributed by atoms with Crippen molar-refractivity contribution in [3.8, 4) is 11.6 Å². The molecule has 7 nitrogen and oxygen atoms in total. The summed E-state index contributed by atoms with van der Waals surface area (Å²) in [6, 6.07) is 10.7. The predicted octanol–water partition coefficient (Wildman–Crippen LogP) is 5.95. The van der Waals surface area contributed by atoms with Crippen molar-refractivity contribution in [3.63, 3.8) is 0 Å². The molecule has 3 rings (SSSR count). The largest absolute Gasteiger partial charge is 0.437 e. The number of ether oxygens (including phenoxy) is 1. The molecular weight excluding hydrogens is 525 g/mol. The second kappa shape index (κ2) is 9.10. The van der Waals surface area contributed by atoms with E-state index in [2.05, 4.69) is 31.4 Å². The molecule has 0 aliphatic carbocycles. The molecule has 2 aromatic carbocycles. The number of carbonyl (C=O) groups excluding carboxylic acids is 1. The Labute approximate surface area is 196 Å². The average Bonchev–Trinajstić information content (AvgIpc) is 2.68. The van der Waals surface area contributed by atoms with E-state index in [0.29, 0.717) is 5.56 Å². The highest BCUT2D eigenvalue weighted by atomic mass is 79.9. The summed E-state index contributed by atoms with van der Waals surface area (Å²) in [5, 5.41) is 9.25. The molecule has 12 heteroatoms. The molecule has 3 aromatic rings. The van der Waals surface area contributed by atoms with Gasteiger partial charge in [0.05, 0.1) is 9.73 Å². The van der Waals surface area contributed by atoms with E-state index in [-0.39, 0.29) is 16.3 Å². The minimum atomic E-state index is -4.84. The summed E-state index contributed by atoms with van der Waals surface area (Å²) in [6.45, 7) is 2.83. The van der Waals surface area contributed by atoms with E-state index in [1.807, 2.05) is 0 Å². The molecule has 174 valence electrons. The summed E-state index contributed by atoms with van der Waals surface area (Å²) in [6.07, 6.45) is -3.62. The van der Waals surface area contributed by atoms with Crippen molar-refractivity contribution in [1.82, 2.24) is 10.2 Å². The molecule has 1 unspecified atom stereocenters. The number of amides is 1. The van der Waals surface area contributed by atoms with Crippen LogP contribution in [0.4, 0.5) is 18.9 Å². The number of halogens is 4. The van der Waals surface area contributed by atoms with Crippen LogP contribution >= 0.6 is 15.9 Å². The monoisotopic (exact) mass is 542 g/mol. The first-order valence-electron chi connectivity index (χ1n) is 9.31. The summed E-state index contributed by atoms with van der Waals surface area (Å²) in [5.74, 6) is -1.05. The van der Waals surface area contributed by atoms with E-state index in [1.165, 1.54) is 30.5 Å². The van der Waals surface area contributed by atoms with Gasteiger partial charge in [0.2, 0.25) is 0 Å². The minimum absolute atomic E-state index is 0.148. The zero-order chi connectivity index (χ0) is 24.6. The van der Waals surface area contributed by atoms with Gasteiger partial charge >= 0.3 is 6.18 Å². The van der Waals surface area contributed by atoms with Gasteiger partial charge in [-0.05, 0) is 61.4 Å². The van der Waals surface area contributed by atoms with Gasteiger partial charge in [-0.3, -0.25) is 4.79 Å². The number of hydrogen-bond acceptors (Lipinski definition) is 6. The van der Waals surface area contributed by atoms with Crippen molar-refractivity contribution in [2.75, 3.05) is 11.6 Å². The summed E-state index contributed by atoms with van der Waals surface area (Å²) in [7, 11) is -3.07. The molecule has 1 aromatic heterocycles. The van der Waals surface area contributed by atoms with Crippen LogP contribution in [0.15, 0.2) is 51.8 Å². The van der Waals surface area contributed by atoms with E-state index in [1.54, 1.807) is 25.1 Å². The van der Waals surface area contributed by atoms with Gasteiger partial charge in [0.15, 0.2) is 5.69 Å². The predicted molar refractivity (Wildman–Crippen MR) is 120 cm³/mol. The molecule has 2 N–H and O–H groups in total. The molecule has 0 saturated heterocycles. The Morgan fingerprint density at radius 1 is 1.15 bits per heavy atom. The van der Waals surface area contributed by atoms with Crippen LogP contribution in [0.2, 0.25) is 0 Å². The molecule has 1 atom stereocenters. The maximum absolute atomic E-state index is 13.4. The normalized spacial score (nSPS) is 13.3. The Balaban J connectivity index is 2.08. The molecule has 0 aliphatic heterocycles. The van der Waals surface area contributed by atoms with Crippen molar-refractivity contribution in [2.45, 2.75) is 24.9 Å². The quantitative estimate of drug-likeness (QED) is 0.414. The van der Waals surface area contributed by atoms with Crippen LogP contribution in [0, 0.1) is 18.6 Å². The fourth-order valence-corrected chi connectivity index (χ4v) is 4.11. The van der Waals surface area contributed by atoms with Crippen molar-refractivity contribution >= 4 is 37.3 Å². The van der Waals surface area contributed by atoms with Gasteiger partial charge < -0.3 is 10.1 Å². The van der Waals surface area contributed by atoms with E-state index in [4.69, 9.17) is 9.52 Å². The van der Waals surface area contributed by atoms with Gasteiger partial charge in [0.25, 0.3) is 11.8 Å². The van der Waals surface area contributed by atoms with Gasteiger partial charge in [0, 0.05) is 21.3 Å². The first-order valence-corrected chi connectivity index (χ1v) is 12.1. The summed E-state index contributed by atoms with van der Waals surface area (Å²) < 4.78 is 66.5. The van der Waals surface area contributed by atoms with Crippen molar-refractivity contribution < 1.29 is 26.9 Å². The van der Waals surface area contributed by atoms with Gasteiger partial charge in [0.1, 0.15) is 11.3 Å². The summed E-state index contributed by atoms with van der Waals surface area (Å²) in [4.78, 5) is 13.2. The number of nitrogens with one attached hydrogen (secondary N) is 2. The maximum Gasteiger partial charge on any atom is 0.435 e. The Kier molecular flexibility index (Phi) is 6.80. The van der Waals surface area contributed by atoms with Crippen molar-refractivity contribution in [3.05, 3.63) is 69.3 Å². The number of rotatable bonds is 5. The molecule has 0 radical (unpaired) electrons. The van der Waals surface area contributed by atoms with Crippen molar-refractivity contribution in [1.29, 1.82) is 4.78 Å². The zero-order valence-corrected chi connectivity index (χ0v) is 20.0. The zero-order valence-electron chi connectivity index (χ0n) is 17.6. The van der Waals surface area contributed by atoms with Crippen LogP contribution in [0.3, 0.4) is 0 Å². The number of aromatic nitrogens is 2. The highest BCUT2D eigenvalue weighted by molar-refractivity contribution is 9.10. The fraction of sp³-hybridized carbons (Fsp3) is 0.190. The van der Waals surface area contributed by atoms with Crippen LogP contribution < -0.4 is 10.1 Å². The first kappa shape index (κ1) is 24.6. The molecule has 0 spiro atoms. The number of carbonyl (C=O) groups is 1. The van der Waals surface area contributed by atoms with Crippen LogP contribution in [-0.2, 0) is 15.9 Å². The second-order valence-electron chi connectivity index (χ2n) is 7.19. The Morgan fingerprint density at radius 2 is 1.85 bits per heavy atom. The first-order chi connectivity index (χ1) is 15.3. The lowest BCUT2D eigenvalue weighted by Crippen LogP contribution is -2.21. The highest BCUT2D eigenvalue weighted by Gasteiger charge is 2.38. The number of alkyl halides is 3. The minimum Gasteiger partial charge on any atom is -0.437 e. The van der Waals surface area contributed by atoms with Crippen LogP contribution in [-0.4, -0.2) is 26.6 Å². The van der Waals surface area contributed by atoms with Gasteiger partial charge in [-0.2, -0.15) is 13.2 Å². The number of aryl methyl sites for hydroxylation is 1. The van der Waals surface area contributed by atoms with E-state index < -0.39 is 44.5 Å². The maximum atomic E-state index is 13.4. The van der Waals surface area contributed by atoms with E-state index in [9.17, 15) is 22.2 Å². The number of anilines is 1. The molecule has 0 fully saturated rings.